The van der Waals surface area contributed by atoms with Crippen LogP contribution in [0.3, 0.4) is 0 Å². The summed E-state index contributed by atoms with van der Waals surface area (Å²) in [4.78, 5) is 6.87. The number of phenolic OH excluding ortho intramolecular Hbond substituents is 1. The first-order chi connectivity index (χ1) is 15.1. The van der Waals surface area contributed by atoms with Crippen molar-refractivity contribution in [1.29, 1.82) is 5.41 Å². The summed E-state index contributed by atoms with van der Waals surface area (Å²) in [6, 6.07) is 12.7. The Morgan fingerprint density at radius 1 is 1.10 bits per heavy atom. The van der Waals surface area contributed by atoms with Crippen LogP contribution in [0.2, 0.25) is 5.02 Å². The number of morpholine rings is 1. The van der Waals surface area contributed by atoms with Crippen LogP contribution in [0.4, 0.5) is 0 Å². The second kappa shape index (κ2) is 8.34. The number of nitrogens with one attached hydrogen (secondary N) is 1. The highest BCUT2D eigenvalue weighted by molar-refractivity contribution is 6.30. The molecule has 2 N–H and O–H groups in total. The molecule has 1 atom stereocenters. The number of rotatable bonds is 4. The van der Waals surface area contributed by atoms with Crippen LogP contribution >= 0.6 is 11.6 Å². The van der Waals surface area contributed by atoms with E-state index >= 15 is 0 Å². The van der Waals surface area contributed by atoms with Crippen LogP contribution in [0.15, 0.2) is 48.8 Å². The van der Waals surface area contributed by atoms with Gasteiger partial charge in [-0.15, -0.1) is 0 Å². The van der Waals surface area contributed by atoms with Crippen molar-refractivity contribution in [3.8, 4) is 17.4 Å². The molecule has 31 heavy (non-hydrogen) atoms. The molecule has 5 rings (SSSR count). The standard InChI is InChI=1S/C23H23ClN4O3/c24-16-3-1-15(2-4-16)20-18-6-5-17(29)13-19(18)31-23-21(20)22(25)28(14-26-23)8-7-27-9-11-30-12-10-27/h1-6,13-14,20,25,29H,7-12H2/t20-/m0/s1. The molecule has 0 unspecified atom stereocenters. The lowest BCUT2D eigenvalue weighted by molar-refractivity contribution is 0.0362. The van der Waals surface area contributed by atoms with Gasteiger partial charge in [-0.2, -0.15) is 0 Å². The Morgan fingerprint density at radius 3 is 2.65 bits per heavy atom. The van der Waals surface area contributed by atoms with Gasteiger partial charge in [0, 0.05) is 48.7 Å². The number of aromatic hydroxyl groups is 1. The summed E-state index contributed by atoms with van der Waals surface area (Å²) in [6.45, 7) is 4.79. The summed E-state index contributed by atoms with van der Waals surface area (Å²) >= 11 is 6.12. The van der Waals surface area contributed by atoms with Gasteiger partial charge in [0.25, 0.3) is 0 Å². The molecule has 1 aromatic heterocycles. The molecule has 1 saturated heterocycles. The highest BCUT2D eigenvalue weighted by Crippen LogP contribution is 2.46. The number of aromatic nitrogens is 2. The van der Waals surface area contributed by atoms with Crippen molar-refractivity contribution in [2.45, 2.75) is 12.5 Å². The van der Waals surface area contributed by atoms with Gasteiger partial charge in [0.2, 0.25) is 5.88 Å². The number of phenols is 1. The third-order valence-electron chi connectivity index (χ3n) is 5.85. The molecule has 1 fully saturated rings. The molecule has 0 aliphatic carbocycles. The van der Waals surface area contributed by atoms with Crippen LogP contribution in [0.1, 0.15) is 22.6 Å². The number of benzene rings is 2. The van der Waals surface area contributed by atoms with E-state index in [1.165, 1.54) is 0 Å². The summed E-state index contributed by atoms with van der Waals surface area (Å²) in [5, 5.41) is 19.6. The fourth-order valence-electron chi connectivity index (χ4n) is 4.20. The lowest BCUT2D eigenvalue weighted by Gasteiger charge is -2.29. The van der Waals surface area contributed by atoms with E-state index in [4.69, 9.17) is 26.5 Å². The average Bonchev–Trinajstić information content (AvgIpc) is 2.78. The predicted molar refractivity (Wildman–Crippen MR) is 116 cm³/mol. The zero-order valence-electron chi connectivity index (χ0n) is 16.9. The maximum Gasteiger partial charge on any atom is 0.228 e. The number of nitrogens with zero attached hydrogens (tertiary/aromatic N) is 3. The van der Waals surface area contributed by atoms with Crippen molar-refractivity contribution in [2.75, 3.05) is 32.8 Å². The number of hydrogen-bond donors (Lipinski definition) is 2. The van der Waals surface area contributed by atoms with Crippen LogP contribution < -0.4 is 10.2 Å². The Hall–Kier alpha value is -2.87. The summed E-state index contributed by atoms with van der Waals surface area (Å²) in [7, 11) is 0. The normalized spacial score (nSPS) is 18.2. The van der Waals surface area contributed by atoms with Crippen molar-refractivity contribution in [2.24, 2.45) is 0 Å². The van der Waals surface area contributed by atoms with Gasteiger partial charge in [-0.1, -0.05) is 29.8 Å². The largest absolute Gasteiger partial charge is 0.508 e. The van der Waals surface area contributed by atoms with Crippen molar-refractivity contribution >= 4 is 11.6 Å². The Balaban J connectivity index is 1.56. The second-order valence-electron chi connectivity index (χ2n) is 7.77. The summed E-state index contributed by atoms with van der Waals surface area (Å²) in [5.74, 6) is 0.822. The number of fused-ring (bicyclic) bond motifs is 2. The number of ether oxygens (including phenoxy) is 2. The monoisotopic (exact) mass is 438 g/mol. The molecular weight excluding hydrogens is 416 g/mol. The topological polar surface area (TPSA) is 83.6 Å². The molecule has 0 amide bonds. The van der Waals surface area contributed by atoms with Gasteiger partial charge in [-0.3, -0.25) is 10.3 Å². The lowest BCUT2D eigenvalue weighted by Crippen LogP contribution is -2.40. The van der Waals surface area contributed by atoms with E-state index in [1.54, 1.807) is 18.5 Å². The van der Waals surface area contributed by atoms with Gasteiger partial charge in [0.1, 0.15) is 23.3 Å². The molecule has 3 aromatic rings. The van der Waals surface area contributed by atoms with Crippen molar-refractivity contribution in [3.63, 3.8) is 0 Å². The maximum absolute atomic E-state index is 9.95. The van der Waals surface area contributed by atoms with Crippen molar-refractivity contribution < 1.29 is 14.6 Å². The first-order valence-electron chi connectivity index (χ1n) is 10.3. The second-order valence-corrected chi connectivity index (χ2v) is 8.20. The fourth-order valence-corrected chi connectivity index (χ4v) is 4.33. The van der Waals surface area contributed by atoms with Crippen LogP contribution in [0, 0.1) is 5.41 Å². The SMILES string of the molecule is N=c1c2c(ncn1CCN1CCOCC1)Oc1cc(O)ccc1[C@@H]2c1ccc(Cl)cc1. The van der Waals surface area contributed by atoms with Crippen LogP contribution in [0.25, 0.3) is 0 Å². The van der Waals surface area contributed by atoms with Gasteiger partial charge in [-0.25, -0.2) is 4.98 Å². The molecule has 0 spiro atoms. The van der Waals surface area contributed by atoms with Crippen LogP contribution in [-0.4, -0.2) is 52.4 Å². The minimum atomic E-state index is -0.243. The third kappa shape index (κ3) is 3.92. The molecule has 0 bridgehead atoms. The van der Waals surface area contributed by atoms with E-state index in [9.17, 15) is 5.11 Å². The lowest BCUT2D eigenvalue weighted by atomic mass is 9.84. The van der Waals surface area contributed by atoms with Gasteiger partial charge in [-0.05, 0) is 23.8 Å². The molecule has 0 radical (unpaired) electrons. The molecule has 7 nitrogen and oxygen atoms in total. The highest BCUT2D eigenvalue weighted by Gasteiger charge is 2.32. The molecule has 8 heteroatoms. The zero-order chi connectivity index (χ0) is 21.4. The van der Waals surface area contributed by atoms with E-state index in [2.05, 4.69) is 9.88 Å². The van der Waals surface area contributed by atoms with E-state index < -0.39 is 0 Å². The smallest absolute Gasteiger partial charge is 0.228 e. The molecule has 3 heterocycles. The maximum atomic E-state index is 9.95. The van der Waals surface area contributed by atoms with E-state index in [0.717, 1.165) is 44.0 Å². The van der Waals surface area contributed by atoms with E-state index in [-0.39, 0.29) is 11.7 Å². The molecular formula is C23H23ClN4O3. The quantitative estimate of drug-likeness (QED) is 0.510. The number of hydrogen-bond acceptors (Lipinski definition) is 6. The Labute approximate surface area is 185 Å². The Morgan fingerprint density at radius 2 is 1.87 bits per heavy atom. The highest BCUT2D eigenvalue weighted by atomic mass is 35.5. The van der Waals surface area contributed by atoms with Crippen LogP contribution in [-0.2, 0) is 11.3 Å². The predicted octanol–water partition coefficient (Wildman–Crippen LogP) is 3.34. The van der Waals surface area contributed by atoms with E-state index in [1.807, 2.05) is 34.9 Å². The molecule has 2 aliphatic rings. The third-order valence-corrected chi connectivity index (χ3v) is 6.11. The Bertz CT molecular complexity index is 1160. The van der Waals surface area contributed by atoms with E-state index in [0.29, 0.717) is 34.2 Å². The molecule has 160 valence electrons. The summed E-state index contributed by atoms with van der Waals surface area (Å²) in [6.07, 6.45) is 1.66. The van der Waals surface area contributed by atoms with Gasteiger partial charge >= 0.3 is 0 Å². The van der Waals surface area contributed by atoms with Gasteiger partial charge in [0.05, 0.1) is 18.8 Å². The first-order valence-corrected chi connectivity index (χ1v) is 10.7. The fraction of sp³-hybridized carbons (Fsp3) is 0.304. The molecule has 2 aromatic carbocycles. The molecule has 0 saturated carbocycles. The van der Waals surface area contributed by atoms with Crippen LogP contribution in [0.5, 0.6) is 17.4 Å². The van der Waals surface area contributed by atoms with Crippen molar-refractivity contribution in [3.05, 3.63) is 76.0 Å². The van der Waals surface area contributed by atoms with Gasteiger partial charge < -0.3 is 19.1 Å². The minimum Gasteiger partial charge on any atom is -0.508 e. The van der Waals surface area contributed by atoms with Gasteiger partial charge in [0.15, 0.2) is 0 Å². The zero-order valence-corrected chi connectivity index (χ0v) is 17.7. The van der Waals surface area contributed by atoms with Crippen molar-refractivity contribution in [1.82, 2.24) is 14.5 Å². The first kappa shape index (κ1) is 20.1. The average molecular weight is 439 g/mol. The minimum absolute atomic E-state index is 0.125. The molecule has 2 aliphatic heterocycles. The summed E-state index contributed by atoms with van der Waals surface area (Å²) < 4.78 is 13.3. The summed E-state index contributed by atoms with van der Waals surface area (Å²) in [5.41, 5.74) is 2.96. The number of halogens is 1. The Kier molecular flexibility index (Phi) is 5.40.